The van der Waals surface area contributed by atoms with E-state index in [0.29, 0.717) is 5.52 Å². The van der Waals surface area contributed by atoms with Gasteiger partial charge in [0.1, 0.15) is 0 Å². The van der Waals surface area contributed by atoms with E-state index < -0.39 is 6.09 Å². The van der Waals surface area contributed by atoms with Crippen molar-refractivity contribution in [2.75, 3.05) is 0 Å². The van der Waals surface area contributed by atoms with Crippen LogP contribution in [0.4, 0.5) is 4.79 Å². The molecular weight excluding hydrogens is 168 g/mol. The molecule has 0 bridgehead atoms. The van der Waals surface area contributed by atoms with Crippen LogP contribution >= 0.6 is 0 Å². The highest BCUT2D eigenvalue weighted by molar-refractivity contribution is 5.89. The first-order chi connectivity index (χ1) is 6.20. The summed E-state index contributed by atoms with van der Waals surface area (Å²) in [4.78, 5) is 14.7. The lowest BCUT2D eigenvalue weighted by molar-refractivity contribution is 0.197. The summed E-state index contributed by atoms with van der Waals surface area (Å²) in [7, 11) is 0. The van der Waals surface area contributed by atoms with Gasteiger partial charge in [-0.1, -0.05) is 0 Å². The monoisotopic (exact) mass is 176 g/mol. The van der Waals surface area contributed by atoms with Crippen LogP contribution in [0.5, 0.6) is 0 Å². The Balaban J connectivity index is 2.83. The van der Waals surface area contributed by atoms with Crippen LogP contribution in [0.25, 0.3) is 10.9 Å². The Morgan fingerprint density at radius 2 is 2.31 bits per heavy atom. The van der Waals surface area contributed by atoms with Gasteiger partial charge in [0.15, 0.2) is 0 Å². The molecule has 0 saturated carbocycles. The molecule has 1 N–H and O–H groups in total. The summed E-state index contributed by atoms with van der Waals surface area (Å²) in [6.45, 7) is 1.90. The van der Waals surface area contributed by atoms with Crippen molar-refractivity contribution in [3.8, 4) is 0 Å². The molecule has 0 saturated heterocycles. The molecular formula is C9H8N2O2. The molecule has 13 heavy (non-hydrogen) atoms. The van der Waals surface area contributed by atoms with Gasteiger partial charge in [-0.05, 0) is 18.6 Å². The Hall–Kier alpha value is -1.84. The standard InChI is InChI=1S/C9H8N2O2/c1-6-4-10-5-8-7(6)2-3-11(8)9(12)13/h2-5H,1H3,(H,12,13). The van der Waals surface area contributed by atoms with Gasteiger partial charge < -0.3 is 5.11 Å². The second kappa shape index (κ2) is 2.58. The van der Waals surface area contributed by atoms with Crippen molar-refractivity contribution >= 4 is 17.0 Å². The Kier molecular flexibility index (Phi) is 1.55. The summed E-state index contributed by atoms with van der Waals surface area (Å²) in [6, 6.07) is 1.78. The zero-order valence-corrected chi connectivity index (χ0v) is 7.06. The van der Waals surface area contributed by atoms with Crippen molar-refractivity contribution < 1.29 is 9.90 Å². The molecule has 0 atom stereocenters. The van der Waals surface area contributed by atoms with Crippen LogP contribution in [0.15, 0.2) is 24.7 Å². The number of fused-ring (bicyclic) bond motifs is 1. The van der Waals surface area contributed by atoms with Crippen LogP contribution < -0.4 is 0 Å². The zero-order chi connectivity index (χ0) is 9.42. The molecule has 2 aromatic rings. The molecule has 4 nitrogen and oxygen atoms in total. The predicted molar refractivity (Wildman–Crippen MR) is 47.9 cm³/mol. The number of rotatable bonds is 0. The highest BCUT2D eigenvalue weighted by Gasteiger charge is 2.07. The Labute approximate surface area is 74.4 Å². The number of aromatic nitrogens is 2. The van der Waals surface area contributed by atoms with Gasteiger partial charge in [0, 0.05) is 17.8 Å². The molecule has 66 valence electrons. The molecule has 0 aliphatic carbocycles. The van der Waals surface area contributed by atoms with Crippen molar-refractivity contribution in [1.29, 1.82) is 0 Å². The first-order valence-electron chi connectivity index (χ1n) is 3.85. The highest BCUT2D eigenvalue weighted by atomic mass is 16.4. The maximum absolute atomic E-state index is 10.7. The van der Waals surface area contributed by atoms with Gasteiger partial charge in [-0.2, -0.15) is 0 Å². The number of nitrogens with zero attached hydrogens (tertiary/aromatic N) is 2. The normalized spacial score (nSPS) is 10.5. The average Bonchev–Trinajstić information content (AvgIpc) is 2.48. The van der Waals surface area contributed by atoms with Crippen molar-refractivity contribution in [1.82, 2.24) is 9.55 Å². The van der Waals surface area contributed by atoms with E-state index >= 15 is 0 Å². The van der Waals surface area contributed by atoms with E-state index in [1.54, 1.807) is 18.5 Å². The summed E-state index contributed by atoms with van der Waals surface area (Å²) < 4.78 is 1.16. The predicted octanol–water partition coefficient (Wildman–Crippen LogP) is 1.87. The van der Waals surface area contributed by atoms with Gasteiger partial charge >= 0.3 is 6.09 Å². The topological polar surface area (TPSA) is 55.1 Å². The summed E-state index contributed by atoms with van der Waals surface area (Å²) in [5.74, 6) is 0. The molecule has 0 fully saturated rings. The number of hydrogen-bond acceptors (Lipinski definition) is 2. The van der Waals surface area contributed by atoms with Crippen LogP contribution in [-0.2, 0) is 0 Å². The fourth-order valence-corrected chi connectivity index (χ4v) is 1.37. The molecule has 0 amide bonds. The summed E-state index contributed by atoms with van der Waals surface area (Å²) in [6.07, 6.45) is 3.81. The molecule has 0 unspecified atom stereocenters. The lowest BCUT2D eigenvalue weighted by Crippen LogP contribution is -2.05. The number of hydrogen-bond donors (Lipinski definition) is 1. The molecule has 2 heterocycles. The van der Waals surface area contributed by atoms with E-state index in [9.17, 15) is 4.79 Å². The Morgan fingerprint density at radius 1 is 1.54 bits per heavy atom. The quantitative estimate of drug-likeness (QED) is 0.666. The molecule has 2 aromatic heterocycles. The van der Waals surface area contributed by atoms with Crippen molar-refractivity contribution in [3.05, 3.63) is 30.2 Å². The van der Waals surface area contributed by atoms with Crippen LogP contribution in [0.2, 0.25) is 0 Å². The fourth-order valence-electron chi connectivity index (χ4n) is 1.37. The molecule has 0 aliphatic heterocycles. The molecule has 2 rings (SSSR count). The first-order valence-corrected chi connectivity index (χ1v) is 3.85. The minimum atomic E-state index is -0.984. The van der Waals surface area contributed by atoms with Gasteiger partial charge in [-0.3, -0.25) is 9.55 Å². The van der Waals surface area contributed by atoms with Crippen LogP contribution in [0.1, 0.15) is 5.56 Å². The SMILES string of the molecule is Cc1cncc2c1ccn2C(=O)O. The third-order valence-corrected chi connectivity index (χ3v) is 2.02. The number of pyridine rings is 1. The summed E-state index contributed by atoms with van der Waals surface area (Å²) in [5, 5.41) is 9.73. The van der Waals surface area contributed by atoms with E-state index in [1.165, 1.54) is 6.20 Å². The Bertz CT molecular complexity index is 473. The average molecular weight is 176 g/mol. The Morgan fingerprint density at radius 3 is 3.00 bits per heavy atom. The summed E-state index contributed by atoms with van der Waals surface area (Å²) >= 11 is 0. The highest BCUT2D eigenvalue weighted by Crippen LogP contribution is 2.17. The smallest absolute Gasteiger partial charge is 0.416 e. The zero-order valence-electron chi connectivity index (χ0n) is 7.06. The van der Waals surface area contributed by atoms with Gasteiger partial charge in [0.25, 0.3) is 0 Å². The molecule has 4 heteroatoms. The van der Waals surface area contributed by atoms with Crippen molar-refractivity contribution in [2.24, 2.45) is 0 Å². The van der Waals surface area contributed by atoms with E-state index in [1.807, 2.05) is 6.92 Å². The largest absolute Gasteiger partial charge is 0.464 e. The van der Waals surface area contributed by atoms with E-state index in [0.717, 1.165) is 15.5 Å². The second-order valence-electron chi connectivity index (χ2n) is 2.86. The number of aryl methyl sites for hydroxylation is 1. The minimum Gasteiger partial charge on any atom is -0.464 e. The van der Waals surface area contributed by atoms with E-state index in [2.05, 4.69) is 4.98 Å². The van der Waals surface area contributed by atoms with Gasteiger partial charge in [-0.15, -0.1) is 0 Å². The van der Waals surface area contributed by atoms with Gasteiger partial charge in [0.05, 0.1) is 11.7 Å². The number of carbonyl (C=O) groups is 1. The van der Waals surface area contributed by atoms with Crippen molar-refractivity contribution in [3.63, 3.8) is 0 Å². The molecule has 0 aromatic carbocycles. The molecule has 0 aliphatic rings. The van der Waals surface area contributed by atoms with Crippen LogP contribution in [0.3, 0.4) is 0 Å². The van der Waals surface area contributed by atoms with Crippen LogP contribution in [-0.4, -0.2) is 20.8 Å². The summed E-state index contributed by atoms with van der Waals surface area (Å²) in [5.41, 5.74) is 1.62. The molecule has 0 radical (unpaired) electrons. The lowest BCUT2D eigenvalue weighted by Gasteiger charge is -1.97. The maximum atomic E-state index is 10.7. The minimum absolute atomic E-state index is 0.632. The van der Waals surface area contributed by atoms with Gasteiger partial charge in [-0.25, -0.2) is 4.79 Å². The van der Waals surface area contributed by atoms with Crippen molar-refractivity contribution in [2.45, 2.75) is 6.92 Å². The van der Waals surface area contributed by atoms with E-state index in [-0.39, 0.29) is 0 Å². The lowest BCUT2D eigenvalue weighted by atomic mass is 10.2. The van der Waals surface area contributed by atoms with E-state index in [4.69, 9.17) is 5.11 Å². The molecule has 0 spiro atoms. The van der Waals surface area contributed by atoms with Gasteiger partial charge in [0.2, 0.25) is 0 Å². The first kappa shape index (κ1) is 7.79. The number of carboxylic acid groups (broad SMARTS) is 1. The third kappa shape index (κ3) is 1.07. The van der Waals surface area contributed by atoms with Crippen LogP contribution in [0, 0.1) is 6.92 Å². The second-order valence-corrected chi connectivity index (χ2v) is 2.86. The third-order valence-electron chi connectivity index (χ3n) is 2.02. The fraction of sp³-hybridized carbons (Fsp3) is 0.111. The maximum Gasteiger partial charge on any atom is 0.416 e.